The number of rotatable bonds is 5. The van der Waals surface area contributed by atoms with Crippen LogP contribution in [0, 0.1) is 22.7 Å². The average molecular weight is 500 g/mol. The highest BCUT2D eigenvalue weighted by Gasteiger charge is 2.30. The van der Waals surface area contributed by atoms with Gasteiger partial charge in [-0.3, -0.25) is 4.79 Å². The minimum Gasteiger partial charge on any atom is -0.539 e. The van der Waals surface area contributed by atoms with Crippen molar-refractivity contribution in [3.8, 4) is 29.3 Å². The number of benzene rings is 1. The Morgan fingerprint density at radius 3 is 2.52 bits per heavy atom. The monoisotopic (exact) mass is 499 g/mol. The van der Waals surface area contributed by atoms with Crippen LogP contribution in [0.5, 0.6) is 5.95 Å². The van der Waals surface area contributed by atoms with Gasteiger partial charge in [-0.05, 0) is 31.2 Å². The fourth-order valence-electron chi connectivity index (χ4n) is 2.70. The summed E-state index contributed by atoms with van der Waals surface area (Å²) in [7, 11) is 1.43. The van der Waals surface area contributed by atoms with Gasteiger partial charge in [0, 0.05) is 10.2 Å². The summed E-state index contributed by atoms with van der Waals surface area (Å²) in [4.78, 5) is 16.7. The van der Waals surface area contributed by atoms with Crippen LogP contribution < -0.4 is 20.8 Å². The van der Waals surface area contributed by atoms with E-state index in [-0.39, 0.29) is 39.1 Å². The number of amides is 1. The molecule has 0 saturated carbocycles. The largest absolute Gasteiger partial charge is 0.539 e. The maximum Gasteiger partial charge on any atom is 0.266 e. The average Bonchev–Trinajstić information content (AvgIpc) is 3.07. The molecule has 1 atom stereocenters. The van der Waals surface area contributed by atoms with Gasteiger partial charge in [-0.2, -0.15) is 10.5 Å². The first-order chi connectivity index (χ1) is 14.8. The van der Waals surface area contributed by atoms with Crippen molar-refractivity contribution in [2.75, 3.05) is 11.1 Å². The van der Waals surface area contributed by atoms with Gasteiger partial charge in [0.05, 0.1) is 21.6 Å². The molecular weight excluding hydrogens is 486 g/mol. The maximum absolute atomic E-state index is 12.6. The van der Waals surface area contributed by atoms with Gasteiger partial charge in [-0.25, -0.2) is 4.98 Å². The number of nitriles is 2. The lowest BCUT2D eigenvalue weighted by Crippen LogP contribution is -2.32. The topological polar surface area (TPSA) is 169 Å². The highest BCUT2D eigenvalue weighted by molar-refractivity contribution is 9.10. The van der Waals surface area contributed by atoms with Crippen LogP contribution in [0.3, 0.4) is 0 Å². The van der Waals surface area contributed by atoms with Gasteiger partial charge in [-0.15, -0.1) is 0 Å². The summed E-state index contributed by atoms with van der Waals surface area (Å²) in [5, 5.41) is 37.2. The first-order valence-electron chi connectivity index (χ1n) is 8.67. The van der Waals surface area contributed by atoms with Crippen LogP contribution in [0.1, 0.15) is 18.1 Å². The molecule has 0 bridgehead atoms. The number of anilines is 2. The predicted molar refractivity (Wildman–Crippen MR) is 112 cm³/mol. The number of hydrogen-bond acceptors (Lipinski definition) is 9. The molecule has 31 heavy (non-hydrogen) atoms. The number of nitrogens with one attached hydrogen (secondary N) is 1. The minimum atomic E-state index is -0.835. The van der Waals surface area contributed by atoms with E-state index in [0.29, 0.717) is 5.69 Å². The Hall–Kier alpha value is -3.61. The van der Waals surface area contributed by atoms with Crippen LogP contribution in [-0.2, 0) is 11.8 Å². The van der Waals surface area contributed by atoms with E-state index in [4.69, 9.17) is 5.73 Å². The molecule has 1 amide bonds. The molecule has 2 aromatic heterocycles. The number of carbonyl (C=O) groups is 1. The Kier molecular flexibility index (Phi) is 6.44. The molecule has 1 aromatic carbocycles. The third kappa shape index (κ3) is 4.45. The highest BCUT2D eigenvalue weighted by atomic mass is 79.9. The number of halogens is 1. The fraction of sp³-hybridized carbons (Fsp3) is 0.158. The van der Waals surface area contributed by atoms with Gasteiger partial charge in [-0.1, -0.05) is 32.4 Å². The molecule has 0 aliphatic carbocycles. The van der Waals surface area contributed by atoms with Crippen LogP contribution in [0.4, 0.5) is 11.5 Å². The number of aromatic nitrogens is 3. The highest BCUT2D eigenvalue weighted by Crippen LogP contribution is 2.38. The summed E-state index contributed by atoms with van der Waals surface area (Å²) in [6.07, 6.45) is 0. The van der Waals surface area contributed by atoms with Crippen molar-refractivity contribution in [3.05, 3.63) is 39.9 Å². The van der Waals surface area contributed by atoms with Crippen LogP contribution in [0.15, 0.2) is 38.3 Å². The second kappa shape index (κ2) is 9.04. The lowest BCUT2D eigenvalue weighted by atomic mass is 10.0. The number of thioether (sulfide) groups is 1. The van der Waals surface area contributed by atoms with Crippen LogP contribution >= 0.6 is 27.7 Å². The zero-order valence-corrected chi connectivity index (χ0v) is 18.6. The van der Waals surface area contributed by atoms with Crippen molar-refractivity contribution < 1.29 is 19.1 Å². The van der Waals surface area contributed by atoms with Crippen molar-refractivity contribution in [2.24, 2.45) is 7.05 Å². The van der Waals surface area contributed by atoms with Gasteiger partial charge in [0.1, 0.15) is 28.5 Å². The van der Waals surface area contributed by atoms with E-state index in [1.54, 1.807) is 31.2 Å². The van der Waals surface area contributed by atoms with Crippen molar-refractivity contribution in [3.63, 3.8) is 0 Å². The lowest BCUT2D eigenvalue weighted by Gasteiger charge is -2.15. The van der Waals surface area contributed by atoms with E-state index in [9.17, 15) is 20.4 Å². The zero-order valence-electron chi connectivity index (χ0n) is 16.2. The van der Waals surface area contributed by atoms with Gasteiger partial charge < -0.3 is 20.7 Å². The molecule has 12 heteroatoms. The molecule has 3 aromatic rings. The molecule has 2 heterocycles. The summed E-state index contributed by atoms with van der Waals surface area (Å²) in [6.45, 7) is 1.63. The van der Waals surface area contributed by atoms with Crippen molar-refractivity contribution >= 4 is 45.1 Å². The Morgan fingerprint density at radius 2 is 1.97 bits per heavy atom. The molecule has 0 aliphatic heterocycles. The quantitative estimate of drug-likeness (QED) is 0.392. The Bertz CT molecular complexity index is 1230. The molecule has 10 nitrogen and oxygen atoms in total. The van der Waals surface area contributed by atoms with E-state index in [2.05, 4.69) is 36.0 Å². The number of nitrogens with two attached hydrogens (primary N) is 1. The van der Waals surface area contributed by atoms with Crippen molar-refractivity contribution in [1.29, 1.82) is 10.5 Å². The minimum absolute atomic E-state index is 0.0331. The third-order valence-electron chi connectivity index (χ3n) is 4.18. The van der Waals surface area contributed by atoms with Crippen LogP contribution in [0.2, 0.25) is 0 Å². The maximum atomic E-state index is 12.6. The SMILES string of the molecule is CC(Sc1nc(N)c(C#N)c(-c2c([O-])on[n+]2C)c1C#N)C(=O)Nc1ccc(Br)cc1. The molecular formula is C19H14BrN7O3S. The molecule has 0 aliphatic rings. The predicted octanol–water partition coefficient (Wildman–Crippen LogP) is 1.84. The van der Waals surface area contributed by atoms with E-state index < -0.39 is 11.2 Å². The smallest absolute Gasteiger partial charge is 0.266 e. The van der Waals surface area contributed by atoms with E-state index in [1.165, 1.54) is 7.05 Å². The number of pyridine rings is 1. The Balaban J connectivity index is 2.00. The molecule has 0 radical (unpaired) electrons. The Morgan fingerprint density at radius 1 is 1.32 bits per heavy atom. The first-order valence-corrected chi connectivity index (χ1v) is 10.3. The zero-order chi connectivity index (χ0) is 22.7. The Labute approximate surface area is 189 Å². The standard InChI is InChI=1S/C19H14BrN7O3S/c1-9(17(28)24-11-5-3-10(20)4-6-11)31-18-13(8-22)14(12(7-21)16(23)25-18)15-19(29)30-26-27(15)2/h3-6,9H,1-2H3,(H3-,23,24,25,26,28,29). The van der Waals surface area contributed by atoms with E-state index in [1.807, 2.05) is 12.1 Å². The summed E-state index contributed by atoms with van der Waals surface area (Å²) in [6, 6.07) is 10.9. The van der Waals surface area contributed by atoms with Crippen LogP contribution in [-0.4, -0.2) is 21.4 Å². The van der Waals surface area contributed by atoms with Crippen molar-refractivity contribution in [2.45, 2.75) is 17.2 Å². The molecule has 0 fully saturated rings. The summed E-state index contributed by atoms with van der Waals surface area (Å²) < 4.78 is 6.60. The summed E-state index contributed by atoms with van der Waals surface area (Å²) >= 11 is 4.30. The van der Waals surface area contributed by atoms with Crippen molar-refractivity contribution in [1.82, 2.24) is 10.3 Å². The summed E-state index contributed by atoms with van der Waals surface area (Å²) in [5.41, 5.74) is 6.16. The van der Waals surface area contributed by atoms with E-state index in [0.717, 1.165) is 20.9 Å². The molecule has 3 rings (SSSR count). The lowest BCUT2D eigenvalue weighted by molar-refractivity contribution is -0.730. The van der Waals surface area contributed by atoms with Gasteiger partial charge in [0.25, 0.3) is 5.69 Å². The number of hydrogen-bond donors (Lipinski definition) is 2. The summed E-state index contributed by atoms with van der Waals surface area (Å²) in [5.74, 6) is -1.35. The third-order valence-corrected chi connectivity index (χ3v) is 5.80. The number of carbonyl (C=O) groups excluding carboxylic acids is 1. The normalized spacial score (nSPS) is 11.4. The molecule has 3 N–H and O–H groups in total. The second-order valence-electron chi connectivity index (χ2n) is 6.24. The number of nitrogens with zero attached hydrogens (tertiary/aromatic N) is 5. The van der Waals surface area contributed by atoms with Gasteiger partial charge in [0.15, 0.2) is 13.0 Å². The molecule has 156 valence electrons. The molecule has 1 unspecified atom stereocenters. The number of aryl methyl sites for hydroxylation is 1. The number of nitrogen functional groups attached to an aromatic ring is 1. The molecule has 0 spiro atoms. The first kappa shape index (κ1) is 22.1. The van der Waals surface area contributed by atoms with Gasteiger partial charge >= 0.3 is 0 Å². The molecule has 0 saturated heterocycles. The van der Waals surface area contributed by atoms with Crippen LogP contribution in [0.25, 0.3) is 11.3 Å². The fourth-order valence-corrected chi connectivity index (χ4v) is 3.88. The van der Waals surface area contributed by atoms with Gasteiger partial charge in [0.2, 0.25) is 5.91 Å². The second-order valence-corrected chi connectivity index (χ2v) is 8.48. The van der Waals surface area contributed by atoms with E-state index >= 15 is 0 Å².